The number of nitrogens with zero attached hydrogens (tertiary/aromatic N) is 3. The first kappa shape index (κ1) is 21.9. The summed E-state index contributed by atoms with van der Waals surface area (Å²) < 4.78 is 7.48. The minimum Gasteiger partial charge on any atom is -0.484 e. The van der Waals surface area contributed by atoms with Crippen LogP contribution in [0.2, 0.25) is 0 Å². The molecule has 1 aliphatic rings. The average Bonchev–Trinajstić information content (AvgIpc) is 3.26. The van der Waals surface area contributed by atoms with Gasteiger partial charge in [0.25, 0.3) is 5.91 Å². The van der Waals surface area contributed by atoms with Gasteiger partial charge in [-0.15, -0.1) is 0 Å². The summed E-state index contributed by atoms with van der Waals surface area (Å²) in [5.41, 5.74) is 1.39. The highest BCUT2D eigenvalue weighted by Crippen LogP contribution is 2.28. The summed E-state index contributed by atoms with van der Waals surface area (Å²) in [5.74, 6) is 1.14. The Bertz CT molecular complexity index is 917. The van der Waals surface area contributed by atoms with Crippen molar-refractivity contribution >= 4 is 23.3 Å². The molecule has 2 amide bonds. The van der Waals surface area contributed by atoms with Crippen LogP contribution >= 0.6 is 0 Å². The second-order valence-corrected chi connectivity index (χ2v) is 9.73. The van der Waals surface area contributed by atoms with Crippen molar-refractivity contribution in [3.05, 3.63) is 36.0 Å². The van der Waals surface area contributed by atoms with Crippen LogP contribution in [-0.2, 0) is 20.5 Å². The summed E-state index contributed by atoms with van der Waals surface area (Å²) >= 11 is 0. The third-order valence-corrected chi connectivity index (χ3v) is 4.97. The van der Waals surface area contributed by atoms with E-state index in [2.05, 4.69) is 26.1 Å². The molecule has 0 unspecified atom stereocenters. The number of carbonyl (C=O) groups excluding carboxylic acids is 2. The van der Waals surface area contributed by atoms with E-state index in [9.17, 15) is 9.59 Å². The highest BCUT2D eigenvalue weighted by molar-refractivity contribution is 5.95. The molecular weight excluding hydrogens is 380 g/mol. The van der Waals surface area contributed by atoms with Crippen LogP contribution in [0.25, 0.3) is 0 Å². The van der Waals surface area contributed by atoms with Gasteiger partial charge in [-0.25, -0.2) is 4.68 Å². The summed E-state index contributed by atoms with van der Waals surface area (Å²) in [5, 5.41) is 7.63. The highest BCUT2D eigenvalue weighted by atomic mass is 16.5. The second kappa shape index (κ2) is 8.13. The first-order valence-corrected chi connectivity index (χ1v) is 10.4. The first-order valence-electron chi connectivity index (χ1n) is 10.4. The Hall–Kier alpha value is -2.83. The van der Waals surface area contributed by atoms with Crippen molar-refractivity contribution in [1.29, 1.82) is 0 Å². The standard InChI is InChI=1S/C23H32N4O3/c1-22(2,3)18-14-19(27(25-18)23(4,5)6)24-20(28)15-30-17-11-9-16(10-12-17)26-13-7-8-21(26)29/h9-12,14H,7-8,13,15H2,1-6H3,(H,24,28). The molecule has 0 spiro atoms. The number of hydrogen-bond acceptors (Lipinski definition) is 4. The normalized spacial score (nSPS) is 14.9. The summed E-state index contributed by atoms with van der Waals surface area (Å²) in [6, 6.07) is 9.18. The van der Waals surface area contributed by atoms with E-state index < -0.39 is 0 Å². The molecule has 7 nitrogen and oxygen atoms in total. The van der Waals surface area contributed by atoms with Crippen molar-refractivity contribution in [3.8, 4) is 5.75 Å². The maximum absolute atomic E-state index is 12.5. The summed E-state index contributed by atoms with van der Waals surface area (Å²) in [6.07, 6.45) is 1.49. The lowest BCUT2D eigenvalue weighted by molar-refractivity contribution is -0.118. The lowest BCUT2D eigenvalue weighted by Crippen LogP contribution is -2.28. The number of hydrogen-bond donors (Lipinski definition) is 1. The molecule has 7 heteroatoms. The van der Waals surface area contributed by atoms with E-state index in [1.165, 1.54) is 0 Å². The Kier molecular flexibility index (Phi) is 5.92. The number of benzene rings is 1. The van der Waals surface area contributed by atoms with E-state index >= 15 is 0 Å². The van der Waals surface area contributed by atoms with Gasteiger partial charge in [-0.2, -0.15) is 5.10 Å². The molecule has 1 aromatic heterocycles. The van der Waals surface area contributed by atoms with Crippen LogP contribution in [-0.4, -0.2) is 34.7 Å². The van der Waals surface area contributed by atoms with Gasteiger partial charge in [0.15, 0.2) is 6.61 Å². The van der Waals surface area contributed by atoms with E-state index in [-0.39, 0.29) is 29.4 Å². The lowest BCUT2D eigenvalue weighted by Gasteiger charge is -2.23. The van der Waals surface area contributed by atoms with Crippen molar-refractivity contribution in [3.63, 3.8) is 0 Å². The predicted octanol–water partition coefficient (Wildman–Crippen LogP) is 4.08. The lowest BCUT2D eigenvalue weighted by atomic mass is 9.92. The molecule has 1 fully saturated rings. The summed E-state index contributed by atoms with van der Waals surface area (Å²) in [7, 11) is 0. The fourth-order valence-corrected chi connectivity index (χ4v) is 3.32. The van der Waals surface area contributed by atoms with Crippen LogP contribution in [0.15, 0.2) is 30.3 Å². The van der Waals surface area contributed by atoms with E-state index in [1.54, 1.807) is 17.0 Å². The van der Waals surface area contributed by atoms with Crippen LogP contribution in [0.3, 0.4) is 0 Å². The number of nitrogens with one attached hydrogen (secondary N) is 1. The molecule has 1 aromatic carbocycles. The van der Waals surface area contributed by atoms with E-state index in [0.29, 0.717) is 18.0 Å². The van der Waals surface area contributed by atoms with E-state index in [0.717, 1.165) is 24.3 Å². The molecule has 0 atom stereocenters. The van der Waals surface area contributed by atoms with Crippen LogP contribution < -0.4 is 15.0 Å². The van der Waals surface area contributed by atoms with Gasteiger partial charge in [-0.1, -0.05) is 20.8 Å². The monoisotopic (exact) mass is 412 g/mol. The third-order valence-electron chi connectivity index (χ3n) is 4.97. The van der Waals surface area contributed by atoms with Crippen LogP contribution in [0.5, 0.6) is 5.75 Å². The summed E-state index contributed by atoms with van der Waals surface area (Å²) in [6.45, 7) is 13.1. The molecule has 30 heavy (non-hydrogen) atoms. The largest absolute Gasteiger partial charge is 0.484 e. The number of amides is 2. The van der Waals surface area contributed by atoms with Gasteiger partial charge in [0.1, 0.15) is 11.6 Å². The fourth-order valence-electron chi connectivity index (χ4n) is 3.32. The molecule has 0 aliphatic carbocycles. The van der Waals surface area contributed by atoms with Crippen LogP contribution in [0, 0.1) is 0 Å². The predicted molar refractivity (Wildman–Crippen MR) is 118 cm³/mol. The average molecular weight is 413 g/mol. The quantitative estimate of drug-likeness (QED) is 0.803. The van der Waals surface area contributed by atoms with Gasteiger partial charge in [0.2, 0.25) is 5.91 Å². The van der Waals surface area contributed by atoms with Crippen LogP contribution in [0.1, 0.15) is 60.1 Å². The molecule has 1 N–H and O–H groups in total. The molecule has 2 heterocycles. The molecule has 0 radical (unpaired) electrons. The van der Waals surface area contributed by atoms with Gasteiger partial charge in [-0.05, 0) is 51.5 Å². The van der Waals surface area contributed by atoms with Gasteiger partial charge in [-0.3, -0.25) is 9.59 Å². The molecule has 0 saturated carbocycles. The zero-order valence-electron chi connectivity index (χ0n) is 18.8. The smallest absolute Gasteiger partial charge is 0.263 e. The van der Waals surface area contributed by atoms with Crippen molar-refractivity contribution in [2.24, 2.45) is 0 Å². The number of rotatable bonds is 5. The van der Waals surface area contributed by atoms with Crippen molar-refractivity contribution < 1.29 is 14.3 Å². The zero-order chi connectivity index (χ0) is 22.1. The zero-order valence-corrected chi connectivity index (χ0v) is 18.8. The Labute approximate surface area is 178 Å². The molecule has 1 aliphatic heterocycles. The Morgan fingerprint density at radius 3 is 2.33 bits per heavy atom. The molecule has 2 aromatic rings. The van der Waals surface area contributed by atoms with Crippen molar-refractivity contribution in [2.75, 3.05) is 23.4 Å². The molecule has 1 saturated heterocycles. The molecule has 3 rings (SSSR count). The fraction of sp³-hybridized carbons (Fsp3) is 0.522. The third kappa shape index (κ3) is 5.01. The molecular formula is C23H32N4O3. The summed E-state index contributed by atoms with van der Waals surface area (Å²) in [4.78, 5) is 26.1. The first-order chi connectivity index (χ1) is 13.9. The van der Waals surface area contributed by atoms with E-state index in [1.807, 2.05) is 43.7 Å². The number of aromatic nitrogens is 2. The minimum absolute atomic E-state index is 0.109. The van der Waals surface area contributed by atoms with Crippen LogP contribution in [0.4, 0.5) is 11.5 Å². The molecule has 0 bridgehead atoms. The van der Waals surface area contributed by atoms with Gasteiger partial charge < -0.3 is 15.0 Å². The minimum atomic E-state index is -0.268. The number of ether oxygens (including phenoxy) is 1. The van der Waals surface area contributed by atoms with Gasteiger partial charge in [0, 0.05) is 30.1 Å². The van der Waals surface area contributed by atoms with Gasteiger partial charge >= 0.3 is 0 Å². The second-order valence-electron chi connectivity index (χ2n) is 9.73. The highest BCUT2D eigenvalue weighted by Gasteiger charge is 2.26. The maximum Gasteiger partial charge on any atom is 0.263 e. The van der Waals surface area contributed by atoms with Crippen molar-refractivity contribution in [2.45, 2.75) is 65.3 Å². The Morgan fingerprint density at radius 1 is 1.13 bits per heavy atom. The number of carbonyl (C=O) groups is 2. The SMILES string of the molecule is CC(C)(C)c1cc(NC(=O)COc2ccc(N3CCCC3=O)cc2)n(C(C)(C)C)n1. The molecule has 162 valence electrons. The van der Waals surface area contributed by atoms with Gasteiger partial charge in [0.05, 0.1) is 11.2 Å². The van der Waals surface area contributed by atoms with Crippen molar-refractivity contribution in [1.82, 2.24) is 9.78 Å². The maximum atomic E-state index is 12.5. The topological polar surface area (TPSA) is 76.5 Å². The number of anilines is 2. The Morgan fingerprint density at radius 2 is 1.80 bits per heavy atom. The van der Waals surface area contributed by atoms with E-state index in [4.69, 9.17) is 9.84 Å². The Balaban J connectivity index is 1.63.